The van der Waals surface area contributed by atoms with Gasteiger partial charge in [-0.3, -0.25) is 4.79 Å². The molecule has 0 bridgehead atoms. The molecule has 11 N–H and O–H groups in total. The van der Waals surface area contributed by atoms with E-state index in [0.717, 1.165) is 12.1 Å². The van der Waals surface area contributed by atoms with Crippen LogP contribution in [0.25, 0.3) is 22.3 Å². The second-order valence-corrected chi connectivity index (χ2v) is 13.3. The molecule has 3 fully saturated rings. The maximum atomic E-state index is 13.8. The van der Waals surface area contributed by atoms with E-state index in [1.54, 1.807) is 0 Å². The number of phenols is 3. The van der Waals surface area contributed by atoms with Crippen molar-refractivity contribution in [2.45, 2.75) is 106 Å². The first-order valence-electron chi connectivity index (χ1n) is 16.8. The zero-order chi connectivity index (χ0) is 39.3. The maximum Gasteiger partial charge on any atom is 0.239 e. The molecule has 0 saturated carbocycles. The minimum Gasteiger partial charge on any atom is -0.508 e. The van der Waals surface area contributed by atoms with Crippen molar-refractivity contribution in [3.8, 4) is 40.1 Å². The van der Waals surface area contributed by atoms with Gasteiger partial charge in [-0.1, -0.05) is 0 Å². The minimum atomic E-state index is -2.00. The van der Waals surface area contributed by atoms with E-state index in [-0.39, 0.29) is 28.4 Å². The number of hydrogen-bond acceptors (Lipinski definition) is 20. The molecule has 0 unspecified atom stereocenters. The Morgan fingerprint density at radius 3 is 2.04 bits per heavy atom. The highest BCUT2D eigenvalue weighted by atomic mass is 16.7. The second-order valence-electron chi connectivity index (χ2n) is 13.3. The number of aliphatic hydroxyl groups excluding tert-OH is 8. The van der Waals surface area contributed by atoms with Crippen LogP contribution in [-0.4, -0.2) is 162 Å². The van der Waals surface area contributed by atoms with Crippen LogP contribution in [0.4, 0.5) is 0 Å². The molecule has 3 aliphatic heterocycles. The van der Waals surface area contributed by atoms with Crippen LogP contribution in [0.2, 0.25) is 0 Å². The molecule has 6 rings (SSSR count). The molecule has 20 heteroatoms. The number of aliphatic hydroxyl groups is 8. The molecule has 15 atom stereocenters. The zero-order valence-electron chi connectivity index (χ0n) is 28.8. The SMILES string of the molecule is COc1cc(-c2oc3cc(O)cc(O)c3c(=O)c2O[C@@H]2O[C@H](CO[C@@H]3O[C@H](C)[C@H](O[C@@H]4O[C@H](C)[C@@H](O)[C@@H](O)[C@H]4O)[C@@H](O)[C@H]3O)[C@@H](O)[C@@H](O)[C@H]2O)ccc1O. The van der Waals surface area contributed by atoms with Gasteiger partial charge in [0.2, 0.25) is 17.5 Å². The second kappa shape index (κ2) is 15.7. The Kier molecular flexibility index (Phi) is 11.6. The number of rotatable bonds is 9. The molecular formula is C34H42O20. The smallest absolute Gasteiger partial charge is 0.239 e. The third kappa shape index (κ3) is 7.41. The fourth-order valence-electron chi connectivity index (χ4n) is 6.45. The standard InChI is InChI=1S/C34H42O20/c1-10-20(38)23(41)26(44)33(49-10)53-29-11(2)50-32(28(46)25(29)43)48-9-18-21(39)24(42)27(45)34(52-18)54-31-22(40)19-15(37)7-13(35)8-17(19)51-30(31)12-4-5-14(36)16(6-12)47-3/h4-8,10-11,18,20-21,23-29,32-39,41-46H,9H2,1-3H3/t10-,11-,18-,20-,21-,23-,24-,25+,26-,27-,28-,29+,32-,33+,34+/m1/s1. The van der Waals surface area contributed by atoms with Crippen LogP contribution in [0.3, 0.4) is 0 Å². The Morgan fingerprint density at radius 1 is 0.685 bits per heavy atom. The van der Waals surface area contributed by atoms with Gasteiger partial charge in [0.25, 0.3) is 0 Å². The van der Waals surface area contributed by atoms with Crippen molar-refractivity contribution in [3.63, 3.8) is 0 Å². The van der Waals surface area contributed by atoms with E-state index in [1.165, 1.54) is 39.2 Å². The van der Waals surface area contributed by atoms with Crippen molar-refractivity contribution < 1.29 is 93.7 Å². The van der Waals surface area contributed by atoms with E-state index in [1.807, 2.05) is 0 Å². The summed E-state index contributed by atoms with van der Waals surface area (Å²) >= 11 is 0. The van der Waals surface area contributed by atoms with E-state index in [9.17, 15) is 61.0 Å². The number of phenolic OH excluding ortho intramolecular Hbond substituents is 3. The molecule has 4 heterocycles. The molecule has 20 nitrogen and oxygen atoms in total. The average Bonchev–Trinajstić information content (AvgIpc) is 3.13. The number of aromatic hydroxyl groups is 3. The van der Waals surface area contributed by atoms with Crippen LogP contribution in [0.15, 0.2) is 39.5 Å². The molecule has 298 valence electrons. The van der Waals surface area contributed by atoms with Crippen LogP contribution in [0.1, 0.15) is 13.8 Å². The van der Waals surface area contributed by atoms with Crippen LogP contribution in [0.5, 0.6) is 28.7 Å². The Labute approximate surface area is 305 Å². The Balaban J connectivity index is 1.21. The Hall–Kier alpha value is -3.87. The van der Waals surface area contributed by atoms with Gasteiger partial charge in [-0.2, -0.15) is 0 Å². The van der Waals surface area contributed by atoms with Gasteiger partial charge in [0.05, 0.1) is 25.9 Å². The lowest BCUT2D eigenvalue weighted by Gasteiger charge is -2.46. The first-order chi connectivity index (χ1) is 25.5. The zero-order valence-corrected chi connectivity index (χ0v) is 28.8. The highest BCUT2D eigenvalue weighted by molar-refractivity contribution is 5.88. The van der Waals surface area contributed by atoms with Crippen LogP contribution in [-0.2, 0) is 23.7 Å². The molecule has 3 aliphatic rings. The van der Waals surface area contributed by atoms with Crippen molar-refractivity contribution in [1.29, 1.82) is 0 Å². The van der Waals surface area contributed by atoms with Crippen molar-refractivity contribution >= 4 is 11.0 Å². The first kappa shape index (κ1) is 39.8. The summed E-state index contributed by atoms with van der Waals surface area (Å²) in [5.41, 5.74) is -1.20. The fraction of sp³-hybridized carbons (Fsp3) is 0.559. The van der Waals surface area contributed by atoms with E-state index in [0.29, 0.717) is 0 Å². The van der Waals surface area contributed by atoms with Gasteiger partial charge in [0.1, 0.15) is 83.5 Å². The highest BCUT2D eigenvalue weighted by Crippen LogP contribution is 2.40. The Morgan fingerprint density at radius 2 is 1.33 bits per heavy atom. The molecule has 3 saturated heterocycles. The third-order valence-corrected chi connectivity index (χ3v) is 9.56. The number of hydrogen-bond donors (Lipinski definition) is 11. The predicted octanol–water partition coefficient (Wildman–Crippen LogP) is -2.53. The summed E-state index contributed by atoms with van der Waals surface area (Å²) in [6, 6.07) is 5.75. The van der Waals surface area contributed by atoms with Gasteiger partial charge in [-0.05, 0) is 32.0 Å². The molecular weight excluding hydrogens is 728 g/mol. The van der Waals surface area contributed by atoms with Crippen molar-refractivity contribution in [3.05, 3.63) is 40.6 Å². The van der Waals surface area contributed by atoms with Crippen LogP contribution >= 0.6 is 0 Å². The van der Waals surface area contributed by atoms with Crippen molar-refractivity contribution in [1.82, 2.24) is 0 Å². The van der Waals surface area contributed by atoms with E-state index >= 15 is 0 Å². The van der Waals surface area contributed by atoms with Gasteiger partial charge in [-0.15, -0.1) is 0 Å². The van der Waals surface area contributed by atoms with E-state index in [2.05, 4.69) is 0 Å². The highest BCUT2D eigenvalue weighted by Gasteiger charge is 2.51. The number of fused-ring (bicyclic) bond motifs is 1. The van der Waals surface area contributed by atoms with Crippen molar-refractivity contribution in [2.24, 2.45) is 0 Å². The van der Waals surface area contributed by atoms with Gasteiger partial charge in [-0.25, -0.2) is 0 Å². The minimum absolute atomic E-state index is 0.0396. The van der Waals surface area contributed by atoms with Gasteiger partial charge in [0.15, 0.2) is 29.8 Å². The lowest BCUT2D eigenvalue weighted by molar-refractivity contribution is -0.357. The maximum absolute atomic E-state index is 13.8. The summed E-state index contributed by atoms with van der Waals surface area (Å²) < 4.78 is 44.9. The Bertz CT molecular complexity index is 1850. The predicted molar refractivity (Wildman–Crippen MR) is 176 cm³/mol. The molecule has 0 amide bonds. The summed E-state index contributed by atoms with van der Waals surface area (Å²) in [6.07, 6.45) is -24.0. The number of ether oxygens (including phenoxy) is 7. The summed E-state index contributed by atoms with van der Waals surface area (Å²) in [4.78, 5) is 13.8. The summed E-state index contributed by atoms with van der Waals surface area (Å²) in [5.74, 6) is -2.44. The molecule has 2 aromatic carbocycles. The molecule has 0 aliphatic carbocycles. The van der Waals surface area contributed by atoms with Crippen LogP contribution < -0.4 is 14.9 Å². The summed E-state index contributed by atoms with van der Waals surface area (Å²) in [5, 5.41) is 115. The molecule has 54 heavy (non-hydrogen) atoms. The van der Waals surface area contributed by atoms with Gasteiger partial charge < -0.3 is 93.7 Å². The van der Waals surface area contributed by atoms with Gasteiger partial charge in [0, 0.05) is 17.7 Å². The normalized spacial score (nSPS) is 37.3. The molecule has 3 aromatic rings. The molecule has 0 radical (unpaired) electrons. The molecule has 1 aromatic heterocycles. The summed E-state index contributed by atoms with van der Waals surface area (Å²) in [7, 11) is 1.27. The number of methoxy groups -OCH3 is 1. The van der Waals surface area contributed by atoms with E-state index in [4.69, 9.17) is 37.6 Å². The average molecular weight is 771 g/mol. The first-order valence-corrected chi connectivity index (χ1v) is 16.8. The monoisotopic (exact) mass is 770 g/mol. The van der Waals surface area contributed by atoms with E-state index < -0.39 is 127 Å². The lowest BCUT2D eigenvalue weighted by Crippen LogP contribution is -2.63. The lowest BCUT2D eigenvalue weighted by atomic mass is 9.97. The van der Waals surface area contributed by atoms with Crippen molar-refractivity contribution in [2.75, 3.05) is 13.7 Å². The quantitative estimate of drug-likeness (QED) is 0.107. The van der Waals surface area contributed by atoms with Gasteiger partial charge >= 0.3 is 0 Å². The largest absolute Gasteiger partial charge is 0.508 e. The topological polar surface area (TPSA) is 317 Å². The fourth-order valence-corrected chi connectivity index (χ4v) is 6.45. The van der Waals surface area contributed by atoms with Crippen LogP contribution in [0, 0.1) is 0 Å². The summed E-state index contributed by atoms with van der Waals surface area (Å²) in [6.45, 7) is 2.20. The third-order valence-electron chi connectivity index (χ3n) is 9.56. The number of benzene rings is 2. The molecule has 0 spiro atoms.